The van der Waals surface area contributed by atoms with Gasteiger partial charge < -0.3 is 5.11 Å². The van der Waals surface area contributed by atoms with Crippen molar-refractivity contribution in [3.63, 3.8) is 0 Å². The molecule has 1 nitrogen and oxygen atoms in total. The first-order chi connectivity index (χ1) is 8.20. The average molecular weight is 376 g/mol. The van der Waals surface area contributed by atoms with Crippen LogP contribution in [0.1, 0.15) is 16.4 Å². The molecule has 2 rings (SSSR count). The molecule has 0 aliphatic heterocycles. The van der Waals surface area contributed by atoms with Crippen molar-refractivity contribution in [3.05, 3.63) is 55.1 Å². The fraction of sp³-hybridized carbons (Fsp3) is 0.231. The highest BCUT2D eigenvalue weighted by Gasteiger charge is 2.14. The molecule has 0 bridgehead atoms. The molecule has 1 aromatic heterocycles. The van der Waals surface area contributed by atoms with Gasteiger partial charge in [0.2, 0.25) is 0 Å². The molecule has 1 N–H and O–H groups in total. The van der Waals surface area contributed by atoms with Crippen molar-refractivity contribution in [1.82, 2.24) is 0 Å². The third-order valence-corrected chi connectivity index (χ3v) is 5.08. The highest BCUT2D eigenvalue weighted by molar-refractivity contribution is 9.10. The molecular formula is C13H12Br2OS. The van der Waals surface area contributed by atoms with Crippen molar-refractivity contribution in [2.75, 3.05) is 6.61 Å². The Morgan fingerprint density at radius 3 is 2.59 bits per heavy atom. The molecule has 2 aromatic rings. The van der Waals surface area contributed by atoms with Crippen LogP contribution in [0.2, 0.25) is 0 Å². The Kier molecular flexibility index (Phi) is 4.79. The van der Waals surface area contributed by atoms with Gasteiger partial charge in [0.15, 0.2) is 0 Å². The van der Waals surface area contributed by atoms with Gasteiger partial charge in [0.1, 0.15) is 0 Å². The Bertz CT molecular complexity index is 496. The standard InChI is InChI=1S/C13H12Br2OS/c14-10-6-11(17-8-10)5-9(7-16)12-3-1-2-4-13(12)15/h1-4,6,8-9,16H,5,7H2. The molecule has 0 saturated carbocycles. The summed E-state index contributed by atoms with van der Waals surface area (Å²) < 4.78 is 2.18. The van der Waals surface area contributed by atoms with Crippen molar-refractivity contribution < 1.29 is 5.11 Å². The fourth-order valence-corrected chi connectivity index (χ4v) is 3.92. The van der Waals surface area contributed by atoms with Gasteiger partial charge in [-0.15, -0.1) is 11.3 Å². The van der Waals surface area contributed by atoms with Crippen LogP contribution in [-0.4, -0.2) is 11.7 Å². The summed E-state index contributed by atoms with van der Waals surface area (Å²) in [5.74, 6) is 0.149. The number of aliphatic hydroxyl groups is 1. The molecule has 0 aliphatic rings. The van der Waals surface area contributed by atoms with E-state index >= 15 is 0 Å². The van der Waals surface area contributed by atoms with Crippen LogP contribution in [0.25, 0.3) is 0 Å². The summed E-state index contributed by atoms with van der Waals surface area (Å²) >= 11 is 8.71. The molecule has 0 radical (unpaired) electrons. The average Bonchev–Trinajstić information content (AvgIpc) is 2.73. The largest absolute Gasteiger partial charge is 0.396 e. The number of hydrogen-bond donors (Lipinski definition) is 1. The number of rotatable bonds is 4. The highest BCUT2D eigenvalue weighted by Crippen LogP contribution is 2.30. The van der Waals surface area contributed by atoms with Gasteiger partial charge in [-0.3, -0.25) is 0 Å². The van der Waals surface area contributed by atoms with E-state index in [1.165, 1.54) is 10.4 Å². The van der Waals surface area contributed by atoms with Gasteiger partial charge in [0.05, 0.1) is 6.61 Å². The third kappa shape index (κ3) is 3.41. The predicted molar refractivity (Wildman–Crippen MR) is 79.7 cm³/mol. The first-order valence-electron chi connectivity index (χ1n) is 5.29. The lowest BCUT2D eigenvalue weighted by Gasteiger charge is -2.15. The van der Waals surface area contributed by atoms with Crippen LogP contribution >= 0.6 is 43.2 Å². The van der Waals surface area contributed by atoms with Crippen molar-refractivity contribution >= 4 is 43.2 Å². The SMILES string of the molecule is OCC(Cc1cc(Br)cs1)c1ccccc1Br. The second-order valence-electron chi connectivity index (χ2n) is 3.84. The van der Waals surface area contributed by atoms with Gasteiger partial charge in [0, 0.05) is 25.1 Å². The summed E-state index contributed by atoms with van der Waals surface area (Å²) in [5.41, 5.74) is 1.17. The van der Waals surface area contributed by atoms with E-state index in [0.29, 0.717) is 0 Å². The lowest BCUT2D eigenvalue weighted by molar-refractivity contribution is 0.264. The van der Waals surface area contributed by atoms with Crippen LogP contribution in [0.4, 0.5) is 0 Å². The molecule has 0 aliphatic carbocycles. The topological polar surface area (TPSA) is 20.2 Å². The Balaban J connectivity index is 2.20. The second-order valence-corrected chi connectivity index (χ2v) is 6.60. The van der Waals surface area contributed by atoms with E-state index in [2.05, 4.69) is 49.4 Å². The Labute approximate surface area is 122 Å². The molecule has 17 heavy (non-hydrogen) atoms. The molecule has 1 heterocycles. The van der Waals surface area contributed by atoms with Gasteiger partial charge in [-0.1, -0.05) is 34.1 Å². The summed E-state index contributed by atoms with van der Waals surface area (Å²) in [6, 6.07) is 10.2. The first-order valence-corrected chi connectivity index (χ1v) is 7.75. The molecule has 90 valence electrons. The van der Waals surface area contributed by atoms with Gasteiger partial charge in [-0.2, -0.15) is 0 Å². The van der Waals surface area contributed by atoms with E-state index in [4.69, 9.17) is 0 Å². The molecule has 0 fully saturated rings. The van der Waals surface area contributed by atoms with Gasteiger partial charge in [-0.05, 0) is 40.0 Å². The third-order valence-electron chi connectivity index (χ3n) is 2.63. The van der Waals surface area contributed by atoms with Crippen LogP contribution in [-0.2, 0) is 6.42 Å². The van der Waals surface area contributed by atoms with Gasteiger partial charge in [0.25, 0.3) is 0 Å². The molecule has 0 saturated heterocycles. The summed E-state index contributed by atoms with van der Waals surface area (Å²) in [4.78, 5) is 1.28. The molecule has 1 aromatic carbocycles. The van der Waals surface area contributed by atoms with Crippen LogP contribution in [0.5, 0.6) is 0 Å². The number of halogens is 2. The zero-order valence-corrected chi connectivity index (χ0v) is 13.1. The Morgan fingerprint density at radius 2 is 2.00 bits per heavy atom. The van der Waals surface area contributed by atoms with Crippen molar-refractivity contribution in [1.29, 1.82) is 0 Å². The molecule has 0 spiro atoms. The van der Waals surface area contributed by atoms with E-state index in [0.717, 1.165) is 15.4 Å². The van der Waals surface area contributed by atoms with Crippen LogP contribution in [0, 0.1) is 0 Å². The van der Waals surface area contributed by atoms with E-state index < -0.39 is 0 Å². The van der Waals surface area contributed by atoms with E-state index in [9.17, 15) is 5.11 Å². The molecular weight excluding hydrogens is 364 g/mol. The minimum Gasteiger partial charge on any atom is -0.396 e. The maximum Gasteiger partial charge on any atom is 0.0503 e. The number of benzene rings is 1. The monoisotopic (exact) mass is 374 g/mol. The number of hydrogen-bond acceptors (Lipinski definition) is 2. The van der Waals surface area contributed by atoms with Crippen molar-refractivity contribution in [2.45, 2.75) is 12.3 Å². The normalized spacial score (nSPS) is 12.6. The zero-order chi connectivity index (χ0) is 12.3. The summed E-state index contributed by atoms with van der Waals surface area (Å²) in [7, 11) is 0. The molecule has 1 unspecified atom stereocenters. The molecule has 1 atom stereocenters. The first kappa shape index (κ1) is 13.3. The van der Waals surface area contributed by atoms with Crippen LogP contribution in [0.15, 0.2) is 44.7 Å². The quantitative estimate of drug-likeness (QED) is 0.828. The van der Waals surface area contributed by atoms with E-state index in [1.807, 2.05) is 18.2 Å². The van der Waals surface area contributed by atoms with E-state index in [-0.39, 0.29) is 12.5 Å². The molecule has 4 heteroatoms. The lowest BCUT2D eigenvalue weighted by atomic mass is 9.96. The summed E-state index contributed by atoms with van der Waals surface area (Å²) in [5, 5.41) is 11.6. The van der Waals surface area contributed by atoms with Crippen molar-refractivity contribution in [2.24, 2.45) is 0 Å². The van der Waals surface area contributed by atoms with Crippen LogP contribution < -0.4 is 0 Å². The Morgan fingerprint density at radius 1 is 1.24 bits per heavy atom. The lowest BCUT2D eigenvalue weighted by Crippen LogP contribution is -2.07. The van der Waals surface area contributed by atoms with Crippen molar-refractivity contribution in [3.8, 4) is 0 Å². The van der Waals surface area contributed by atoms with Gasteiger partial charge >= 0.3 is 0 Å². The minimum absolute atomic E-state index is 0.149. The maximum absolute atomic E-state index is 9.54. The predicted octanol–water partition coefficient (Wildman–Crippen LogP) is 4.59. The smallest absolute Gasteiger partial charge is 0.0503 e. The second kappa shape index (κ2) is 6.14. The minimum atomic E-state index is 0.149. The molecule has 0 amide bonds. The van der Waals surface area contributed by atoms with Crippen LogP contribution in [0.3, 0.4) is 0 Å². The fourth-order valence-electron chi connectivity index (χ4n) is 1.78. The highest BCUT2D eigenvalue weighted by atomic mass is 79.9. The van der Waals surface area contributed by atoms with Gasteiger partial charge in [-0.25, -0.2) is 0 Å². The zero-order valence-electron chi connectivity index (χ0n) is 9.07. The van der Waals surface area contributed by atoms with E-state index in [1.54, 1.807) is 11.3 Å². The summed E-state index contributed by atoms with van der Waals surface area (Å²) in [6.07, 6.45) is 0.870. The number of aliphatic hydroxyl groups excluding tert-OH is 1. The summed E-state index contributed by atoms with van der Waals surface area (Å²) in [6.45, 7) is 0.165. The Hall–Kier alpha value is -0.160. The number of thiophene rings is 1. The maximum atomic E-state index is 9.54.